The van der Waals surface area contributed by atoms with Gasteiger partial charge in [0, 0.05) is 0 Å². The lowest BCUT2D eigenvalue weighted by molar-refractivity contribution is -0.136. The van der Waals surface area contributed by atoms with Crippen molar-refractivity contribution in [2.45, 2.75) is 84.0 Å². The number of aliphatic carboxylic acids is 1. The van der Waals surface area contributed by atoms with Crippen LogP contribution in [0.4, 0.5) is 0 Å². The summed E-state index contributed by atoms with van der Waals surface area (Å²) in [6.07, 6.45) is 26.5. The first-order valence-corrected chi connectivity index (χ1v) is 8.94. The number of hydrogen-bond acceptors (Lipinski definition) is 1. The monoisotopic (exact) mass is 306 g/mol. The average molecular weight is 306 g/mol. The Kier molecular flexibility index (Phi) is 16.7. The van der Waals surface area contributed by atoms with Crippen LogP contribution in [-0.4, -0.2) is 11.1 Å². The molecule has 0 aromatic heterocycles. The highest BCUT2D eigenvalue weighted by Crippen LogP contribution is 2.08. The predicted octanol–water partition coefficient (Wildman–Crippen LogP) is 6.44. The molecule has 0 amide bonds. The minimum atomic E-state index is -0.750. The minimum absolute atomic E-state index is 0.152. The van der Waals surface area contributed by atoms with Crippen LogP contribution < -0.4 is 0 Å². The van der Waals surface area contributed by atoms with Crippen LogP contribution in [0.2, 0.25) is 0 Å². The van der Waals surface area contributed by atoms with E-state index in [2.05, 4.69) is 31.2 Å². The number of unbranched alkanes of at least 4 members (excludes halogenated alkanes) is 8. The van der Waals surface area contributed by atoms with Gasteiger partial charge >= 0.3 is 5.97 Å². The molecular weight excluding hydrogens is 272 g/mol. The zero-order valence-corrected chi connectivity index (χ0v) is 14.3. The van der Waals surface area contributed by atoms with Crippen molar-refractivity contribution in [2.75, 3.05) is 0 Å². The fourth-order valence-electron chi connectivity index (χ4n) is 2.22. The van der Waals surface area contributed by atoms with E-state index in [1.54, 1.807) is 6.08 Å². The van der Waals surface area contributed by atoms with Gasteiger partial charge in [0.25, 0.3) is 0 Å². The molecule has 2 heteroatoms. The zero-order chi connectivity index (χ0) is 16.3. The maximum absolute atomic E-state index is 10.3. The first-order valence-electron chi connectivity index (χ1n) is 8.94. The van der Waals surface area contributed by atoms with Gasteiger partial charge < -0.3 is 5.11 Å². The van der Waals surface area contributed by atoms with Crippen LogP contribution in [0.3, 0.4) is 0 Å². The molecule has 0 saturated carbocycles. The second-order valence-electron chi connectivity index (χ2n) is 5.70. The first-order chi connectivity index (χ1) is 10.8. The minimum Gasteiger partial charge on any atom is -0.481 e. The molecule has 0 aliphatic carbocycles. The first kappa shape index (κ1) is 20.7. The molecule has 0 unspecified atom stereocenters. The van der Waals surface area contributed by atoms with Gasteiger partial charge in [-0.3, -0.25) is 4.79 Å². The fourth-order valence-corrected chi connectivity index (χ4v) is 2.22. The highest BCUT2D eigenvalue weighted by molar-refractivity contribution is 5.68. The molecule has 0 atom stereocenters. The van der Waals surface area contributed by atoms with Crippen molar-refractivity contribution in [3.8, 4) is 0 Å². The molecule has 0 spiro atoms. The molecule has 0 radical (unpaired) electrons. The number of carboxylic acid groups (broad SMARTS) is 1. The summed E-state index contributed by atoms with van der Waals surface area (Å²) in [5, 5.41) is 8.48. The molecule has 0 aromatic carbocycles. The topological polar surface area (TPSA) is 37.3 Å². The molecule has 0 fully saturated rings. The molecule has 0 aliphatic heterocycles. The summed E-state index contributed by atoms with van der Waals surface area (Å²) in [5.74, 6) is -0.750. The largest absolute Gasteiger partial charge is 0.481 e. The van der Waals surface area contributed by atoms with Gasteiger partial charge in [-0.15, -0.1) is 0 Å². The van der Waals surface area contributed by atoms with Gasteiger partial charge in [0.2, 0.25) is 0 Å². The van der Waals surface area contributed by atoms with Crippen molar-refractivity contribution in [1.82, 2.24) is 0 Å². The van der Waals surface area contributed by atoms with Gasteiger partial charge in [-0.05, 0) is 57.8 Å². The Morgan fingerprint density at radius 2 is 1.09 bits per heavy atom. The van der Waals surface area contributed by atoms with Gasteiger partial charge in [0.1, 0.15) is 0 Å². The molecule has 2 nitrogen and oxygen atoms in total. The Morgan fingerprint density at radius 1 is 0.682 bits per heavy atom. The van der Waals surface area contributed by atoms with Gasteiger partial charge in [-0.1, -0.05) is 56.2 Å². The summed E-state index contributed by atoms with van der Waals surface area (Å²) in [6, 6.07) is 0. The van der Waals surface area contributed by atoms with E-state index in [1.165, 1.54) is 57.8 Å². The summed E-state index contributed by atoms with van der Waals surface area (Å²) in [6.45, 7) is 2.18. The Hall–Kier alpha value is -1.31. The van der Waals surface area contributed by atoms with E-state index in [4.69, 9.17) is 5.11 Å². The number of rotatable bonds is 15. The van der Waals surface area contributed by atoms with Gasteiger partial charge in [0.15, 0.2) is 0 Å². The van der Waals surface area contributed by atoms with Crippen LogP contribution in [0.15, 0.2) is 36.5 Å². The van der Waals surface area contributed by atoms with Gasteiger partial charge in [-0.25, -0.2) is 0 Å². The second-order valence-corrected chi connectivity index (χ2v) is 5.70. The Labute approximate surface area is 137 Å². The smallest absolute Gasteiger partial charge is 0.307 e. The maximum Gasteiger partial charge on any atom is 0.307 e. The van der Waals surface area contributed by atoms with Crippen molar-refractivity contribution < 1.29 is 9.90 Å². The molecule has 0 aromatic rings. The quantitative estimate of drug-likeness (QED) is 0.279. The second kappa shape index (κ2) is 17.7. The number of hydrogen-bond donors (Lipinski definition) is 1. The normalized spacial score (nSPS) is 12.0. The lowest BCUT2D eigenvalue weighted by atomic mass is 10.1. The Balaban J connectivity index is 3.19. The summed E-state index contributed by atoms with van der Waals surface area (Å²) < 4.78 is 0. The molecule has 1 N–H and O–H groups in total. The van der Waals surface area contributed by atoms with Crippen molar-refractivity contribution in [2.24, 2.45) is 0 Å². The molecule has 0 aliphatic rings. The summed E-state index contributed by atoms with van der Waals surface area (Å²) >= 11 is 0. The number of allylic oxidation sites excluding steroid dienone is 5. The molecular formula is C20H34O2. The maximum atomic E-state index is 10.3. The lowest BCUT2D eigenvalue weighted by Gasteiger charge is -1.97. The molecule has 0 rings (SSSR count). The molecule has 0 bridgehead atoms. The van der Waals surface area contributed by atoms with Crippen molar-refractivity contribution in [1.29, 1.82) is 0 Å². The van der Waals surface area contributed by atoms with E-state index in [-0.39, 0.29) is 6.42 Å². The van der Waals surface area contributed by atoms with E-state index in [0.717, 1.165) is 12.8 Å². The van der Waals surface area contributed by atoms with Crippen molar-refractivity contribution in [3.63, 3.8) is 0 Å². The van der Waals surface area contributed by atoms with E-state index < -0.39 is 5.97 Å². The SMILES string of the molecule is CC/C=C/CCCC/C=C/CCCCCC/C=C/CC(=O)O. The standard InChI is InChI=1S/C20H34O2/c1-2-3-4-5-6-7-8-9-10-11-12-13-14-15-16-17-18-19-20(21)22/h3-4,9-10,17-18H,2,5-8,11-16,19H2,1H3,(H,21,22)/b4-3+,10-9+,18-17+. The van der Waals surface area contributed by atoms with E-state index in [9.17, 15) is 4.79 Å². The van der Waals surface area contributed by atoms with Gasteiger partial charge in [-0.2, -0.15) is 0 Å². The molecule has 22 heavy (non-hydrogen) atoms. The third-order valence-corrected chi connectivity index (χ3v) is 3.51. The summed E-state index contributed by atoms with van der Waals surface area (Å²) in [4.78, 5) is 10.3. The summed E-state index contributed by atoms with van der Waals surface area (Å²) in [5.41, 5.74) is 0. The third-order valence-electron chi connectivity index (χ3n) is 3.51. The van der Waals surface area contributed by atoms with E-state index in [1.807, 2.05) is 6.08 Å². The highest BCUT2D eigenvalue weighted by atomic mass is 16.4. The van der Waals surface area contributed by atoms with E-state index >= 15 is 0 Å². The highest BCUT2D eigenvalue weighted by Gasteiger charge is 1.90. The number of carbonyl (C=O) groups is 1. The van der Waals surface area contributed by atoms with Crippen molar-refractivity contribution in [3.05, 3.63) is 36.5 Å². The van der Waals surface area contributed by atoms with Crippen LogP contribution in [-0.2, 0) is 4.79 Å². The Bertz CT molecular complexity index is 327. The molecule has 0 saturated heterocycles. The van der Waals surface area contributed by atoms with E-state index in [0.29, 0.717) is 0 Å². The van der Waals surface area contributed by atoms with Crippen LogP contribution in [0.1, 0.15) is 84.0 Å². The lowest BCUT2D eigenvalue weighted by Crippen LogP contribution is -1.89. The van der Waals surface area contributed by atoms with Crippen molar-refractivity contribution >= 4 is 5.97 Å². The van der Waals surface area contributed by atoms with Crippen LogP contribution >= 0.6 is 0 Å². The summed E-state index contributed by atoms with van der Waals surface area (Å²) in [7, 11) is 0. The van der Waals surface area contributed by atoms with Crippen LogP contribution in [0.25, 0.3) is 0 Å². The Morgan fingerprint density at radius 3 is 1.55 bits per heavy atom. The number of carboxylic acids is 1. The predicted molar refractivity (Wildman–Crippen MR) is 96.1 cm³/mol. The average Bonchev–Trinajstić information content (AvgIpc) is 2.50. The fraction of sp³-hybridized carbons (Fsp3) is 0.650. The van der Waals surface area contributed by atoms with Gasteiger partial charge in [0.05, 0.1) is 6.42 Å². The third kappa shape index (κ3) is 18.7. The van der Waals surface area contributed by atoms with Crippen LogP contribution in [0, 0.1) is 0 Å². The van der Waals surface area contributed by atoms with Crippen LogP contribution in [0.5, 0.6) is 0 Å². The zero-order valence-electron chi connectivity index (χ0n) is 14.3. The molecule has 0 heterocycles. The molecule has 126 valence electrons.